The number of benzene rings is 1. The zero-order valence-electron chi connectivity index (χ0n) is 13.2. The van der Waals surface area contributed by atoms with E-state index in [1.165, 1.54) is 10.9 Å². The van der Waals surface area contributed by atoms with Crippen molar-refractivity contribution in [2.75, 3.05) is 26.2 Å². The summed E-state index contributed by atoms with van der Waals surface area (Å²) in [6.45, 7) is 3.46. The summed E-state index contributed by atoms with van der Waals surface area (Å²) in [5, 5.41) is 8.51. The third kappa shape index (κ3) is 2.72. The minimum Gasteiger partial charge on any atom is -0.336 e. The van der Waals surface area contributed by atoms with E-state index in [1.54, 1.807) is 6.07 Å². The molecule has 1 aromatic heterocycles. The lowest BCUT2D eigenvalue weighted by Gasteiger charge is -2.23. The van der Waals surface area contributed by atoms with Crippen LogP contribution in [0.4, 0.5) is 0 Å². The molecule has 0 saturated carbocycles. The summed E-state index contributed by atoms with van der Waals surface area (Å²) in [5.74, 6) is -0.0467. The fraction of sp³-hybridized carbons (Fsp3) is 0.353. The average molecular weight is 344 g/mol. The molecule has 6 nitrogen and oxygen atoms in total. The van der Waals surface area contributed by atoms with Gasteiger partial charge in [0.05, 0.1) is 16.9 Å². The Morgan fingerprint density at radius 3 is 2.79 bits per heavy atom. The topological polar surface area (TPSA) is 54.3 Å². The van der Waals surface area contributed by atoms with Gasteiger partial charge in [0.25, 0.3) is 5.91 Å². The van der Waals surface area contributed by atoms with E-state index in [2.05, 4.69) is 27.4 Å². The van der Waals surface area contributed by atoms with Crippen molar-refractivity contribution in [3.63, 3.8) is 0 Å². The first-order chi connectivity index (χ1) is 11.7. The van der Waals surface area contributed by atoms with Crippen LogP contribution < -0.4 is 0 Å². The van der Waals surface area contributed by atoms with Gasteiger partial charge in [-0.05, 0) is 18.6 Å². The zero-order chi connectivity index (χ0) is 16.5. The first-order valence-corrected chi connectivity index (χ1v) is 8.46. The van der Waals surface area contributed by atoms with E-state index in [-0.39, 0.29) is 5.91 Å². The monoisotopic (exact) mass is 343 g/mol. The zero-order valence-corrected chi connectivity index (χ0v) is 13.9. The maximum Gasteiger partial charge on any atom is 0.274 e. The third-order valence-electron chi connectivity index (χ3n) is 4.66. The lowest BCUT2D eigenvalue weighted by atomic mass is 10.2. The van der Waals surface area contributed by atoms with Crippen molar-refractivity contribution < 1.29 is 4.79 Å². The van der Waals surface area contributed by atoms with Crippen LogP contribution in [-0.4, -0.2) is 62.9 Å². The van der Waals surface area contributed by atoms with Crippen LogP contribution >= 0.6 is 11.6 Å². The molecule has 1 aromatic carbocycles. The fourth-order valence-corrected chi connectivity index (χ4v) is 3.58. The Morgan fingerprint density at radius 2 is 2.00 bits per heavy atom. The second-order valence-electron chi connectivity index (χ2n) is 6.10. The van der Waals surface area contributed by atoms with Crippen LogP contribution in [0.2, 0.25) is 5.02 Å². The molecule has 0 bridgehead atoms. The number of hydrogen-bond acceptors (Lipinski definition) is 4. The summed E-state index contributed by atoms with van der Waals surface area (Å²) in [5.41, 5.74) is 1.11. The molecule has 0 aliphatic carbocycles. The molecule has 1 amide bonds. The van der Waals surface area contributed by atoms with E-state index < -0.39 is 0 Å². The average Bonchev–Trinajstić information content (AvgIpc) is 3.34. The summed E-state index contributed by atoms with van der Waals surface area (Å²) < 4.78 is 1.52. The van der Waals surface area contributed by atoms with Crippen LogP contribution in [0.25, 0.3) is 5.69 Å². The lowest BCUT2D eigenvalue weighted by Crippen LogP contribution is -2.37. The van der Waals surface area contributed by atoms with Crippen LogP contribution in [-0.2, 0) is 0 Å². The van der Waals surface area contributed by atoms with Gasteiger partial charge in [0, 0.05) is 32.2 Å². The van der Waals surface area contributed by atoms with Gasteiger partial charge in [-0.1, -0.05) is 41.1 Å². The van der Waals surface area contributed by atoms with Gasteiger partial charge >= 0.3 is 0 Å². The highest BCUT2D eigenvalue weighted by Crippen LogP contribution is 2.23. The maximum absolute atomic E-state index is 12.9. The van der Waals surface area contributed by atoms with Crippen LogP contribution in [0.15, 0.2) is 42.6 Å². The Morgan fingerprint density at radius 1 is 1.21 bits per heavy atom. The number of amides is 1. The summed E-state index contributed by atoms with van der Waals surface area (Å²) in [6, 6.07) is 7.74. The molecule has 0 N–H and O–H groups in total. The quantitative estimate of drug-likeness (QED) is 0.800. The second-order valence-corrected chi connectivity index (χ2v) is 6.51. The molecule has 24 heavy (non-hydrogen) atoms. The summed E-state index contributed by atoms with van der Waals surface area (Å²) in [6.07, 6.45) is 6.87. The Hall–Kier alpha value is -2.18. The van der Waals surface area contributed by atoms with Crippen molar-refractivity contribution in [3.8, 4) is 5.69 Å². The smallest absolute Gasteiger partial charge is 0.274 e. The molecular weight excluding hydrogens is 326 g/mol. The van der Waals surface area contributed by atoms with Gasteiger partial charge < -0.3 is 4.90 Å². The molecule has 4 rings (SSSR count). The van der Waals surface area contributed by atoms with E-state index in [4.69, 9.17) is 11.6 Å². The minimum absolute atomic E-state index is 0.0467. The van der Waals surface area contributed by atoms with Gasteiger partial charge in [-0.25, -0.2) is 4.68 Å². The molecule has 0 unspecified atom stereocenters. The highest BCUT2D eigenvalue weighted by molar-refractivity contribution is 6.32. The number of nitrogens with zero attached hydrogens (tertiary/aromatic N) is 5. The molecule has 0 radical (unpaired) electrons. The van der Waals surface area contributed by atoms with Crippen molar-refractivity contribution in [3.05, 3.63) is 53.3 Å². The van der Waals surface area contributed by atoms with Crippen LogP contribution in [0.5, 0.6) is 0 Å². The number of para-hydroxylation sites is 1. The highest BCUT2D eigenvalue weighted by atomic mass is 35.5. The number of carbonyl (C=O) groups is 1. The molecule has 1 atom stereocenters. The van der Waals surface area contributed by atoms with Crippen LogP contribution in [0.1, 0.15) is 16.9 Å². The normalized spacial score (nSPS) is 20.9. The van der Waals surface area contributed by atoms with Gasteiger partial charge in [-0.15, -0.1) is 5.10 Å². The number of aromatic nitrogens is 3. The number of likely N-dealkylation sites (tertiary alicyclic amines) is 1. The lowest BCUT2D eigenvalue weighted by molar-refractivity contribution is 0.0771. The maximum atomic E-state index is 12.9. The standard InChI is InChI=1S/C17H18ClN5O/c18-14-5-1-2-6-15(14)23-16(11-19-20-23)17(24)22-10-7-13(12-22)21-8-3-4-9-21/h1-6,11,13H,7-10,12H2/t13-/m0/s1. The van der Waals surface area contributed by atoms with E-state index in [0.29, 0.717) is 22.4 Å². The van der Waals surface area contributed by atoms with Crippen molar-refractivity contribution in [1.82, 2.24) is 24.8 Å². The molecule has 2 aromatic rings. The summed E-state index contributed by atoms with van der Waals surface area (Å²) in [7, 11) is 0. The van der Waals surface area contributed by atoms with Crippen LogP contribution in [0, 0.1) is 0 Å². The van der Waals surface area contributed by atoms with Crippen LogP contribution in [0.3, 0.4) is 0 Å². The molecule has 7 heteroatoms. The Labute approximate surface area is 145 Å². The molecule has 124 valence electrons. The van der Waals surface area contributed by atoms with Gasteiger partial charge in [0.15, 0.2) is 5.69 Å². The Kier molecular flexibility index (Phi) is 4.08. The van der Waals surface area contributed by atoms with Crippen molar-refractivity contribution in [1.29, 1.82) is 0 Å². The molecular formula is C17H18ClN5O. The van der Waals surface area contributed by atoms with E-state index in [0.717, 1.165) is 32.6 Å². The van der Waals surface area contributed by atoms with Crippen molar-refractivity contribution in [2.24, 2.45) is 0 Å². The van der Waals surface area contributed by atoms with E-state index in [1.807, 2.05) is 23.1 Å². The largest absolute Gasteiger partial charge is 0.336 e. The number of halogens is 1. The van der Waals surface area contributed by atoms with Crippen molar-refractivity contribution in [2.45, 2.75) is 12.5 Å². The van der Waals surface area contributed by atoms with E-state index >= 15 is 0 Å². The highest BCUT2D eigenvalue weighted by Gasteiger charge is 2.32. The minimum atomic E-state index is -0.0467. The first kappa shape index (κ1) is 15.4. The number of rotatable bonds is 3. The SMILES string of the molecule is O=C(c1cnnn1-c1ccccc1Cl)N1CC[C@H](N2CC=CC2)C1. The molecule has 1 saturated heterocycles. The molecule has 1 fully saturated rings. The predicted octanol–water partition coefficient (Wildman–Crippen LogP) is 2.01. The molecule has 0 spiro atoms. The molecule has 2 aliphatic heterocycles. The van der Waals surface area contributed by atoms with Gasteiger partial charge in [0.2, 0.25) is 0 Å². The Balaban J connectivity index is 1.54. The molecule has 3 heterocycles. The van der Waals surface area contributed by atoms with Crippen molar-refractivity contribution >= 4 is 17.5 Å². The molecule has 2 aliphatic rings. The van der Waals surface area contributed by atoms with Gasteiger partial charge in [0.1, 0.15) is 0 Å². The number of hydrogen-bond donors (Lipinski definition) is 0. The predicted molar refractivity (Wildman–Crippen MR) is 91.4 cm³/mol. The van der Waals surface area contributed by atoms with E-state index in [9.17, 15) is 4.79 Å². The third-order valence-corrected chi connectivity index (χ3v) is 4.98. The van der Waals surface area contributed by atoms with Gasteiger partial charge in [-0.3, -0.25) is 9.69 Å². The van der Waals surface area contributed by atoms with Gasteiger partial charge in [-0.2, -0.15) is 0 Å². The summed E-state index contributed by atoms with van der Waals surface area (Å²) in [4.78, 5) is 17.2. The summed E-state index contributed by atoms with van der Waals surface area (Å²) >= 11 is 6.23. The second kappa shape index (κ2) is 6.37. The first-order valence-electron chi connectivity index (χ1n) is 8.08. The Bertz CT molecular complexity index is 779. The number of carbonyl (C=O) groups excluding carboxylic acids is 1. The fourth-order valence-electron chi connectivity index (χ4n) is 3.36.